The topological polar surface area (TPSA) is 79.0 Å². The van der Waals surface area contributed by atoms with Crippen molar-refractivity contribution in [2.75, 3.05) is 0 Å². The van der Waals surface area contributed by atoms with E-state index in [1.807, 2.05) is 0 Å². The summed E-state index contributed by atoms with van der Waals surface area (Å²) >= 11 is 0. The number of aliphatic carboxylic acids is 1. The number of carboxylic acids is 2. The van der Waals surface area contributed by atoms with Crippen molar-refractivity contribution in [1.82, 2.24) is 4.40 Å². The molecule has 2 aromatic rings. The van der Waals surface area contributed by atoms with Gasteiger partial charge in [-0.15, -0.1) is 0 Å². The summed E-state index contributed by atoms with van der Waals surface area (Å²) in [5, 5.41) is 17.7. The van der Waals surface area contributed by atoms with Gasteiger partial charge in [0, 0.05) is 17.4 Å². The van der Waals surface area contributed by atoms with Crippen LogP contribution in [0.4, 0.5) is 0 Å². The van der Waals surface area contributed by atoms with E-state index in [0.717, 1.165) is 0 Å². The van der Waals surface area contributed by atoms with Gasteiger partial charge in [-0.05, 0) is 18.2 Å². The number of aromatic carboxylic acids is 1. The molecule has 82 valence electrons. The summed E-state index contributed by atoms with van der Waals surface area (Å²) in [5.74, 6) is -2.16. The standard InChI is InChI=1S/C11H9NO4/c13-10(14)6-9-8(11(15)16)5-7-3-1-2-4-12(7)9/h1-5H,6H2,(H,13,14)(H,15,16). The Hall–Kier alpha value is -2.30. The van der Waals surface area contributed by atoms with E-state index in [2.05, 4.69) is 0 Å². The lowest BCUT2D eigenvalue weighted by Crippen LogP contribution is -2.08. The quantitative estimate of drug-likeness (QED) is 0.814. The van der Waals surface area contributed by atoms with Gasteiger partial charge in [0.15, 0.2) is 0 Å². The van der Waals surface area contributed by atoms with Gasteiger partial charge in [-0.3, -0.25) is 4.79 Å². The highest BCUT2D eigenvalue weighted by Gasteiger charge is 2.17. The summed E-state index contributed by atoms with van der Waals surface area (Å²) in [6.07, 6.45) is 1.35. The third kappa shape index (κ3) is 1.63. The average molecular weight is 219 g/mol. The van der Waals surface area contributed by atoms with Crippen LogP contribution in [0.15, 0.2) is 30.5 Å². The fourth-order valence-corrected chi connectivity index (χ4v) is 1.69. The van der Waals surface area contributed by atoms with Crippen LogP contribution in [0.25, 0.3) is 5.52 Å². The van der Waals surface area contributed by atoms with Gasteiger partial charge in [-0.1, -0.05) is 6.07 Å². The summed E-state index contributed by atoms with van der Waals surface area (Å²) in [7, 11) is 0. The van der Waals surface area contributed by atoms with Gasteiger partial charge in [-0.25, -0.2) is 4.79 Å². The van der Waals surface area contributed by atoms with Crippen LogP contribution in [-0.4, -0.2) is 26.6 Å². The molecule has 0 aliphatic carbocycles. The third-order valence-corrected chi connectivity index (χ3v) is 2.33. The van der Waals surface area contributed by atoms with Crippen molar-refractivity contribution in [2.45, 2.75) is 6.42 Å². The highest BCUT2D eigenvalue weighted by Crippen LogP contribution is 2.17. The average Bonchev–Trinajstić information content (AvgIpc) is 2.57. The van der Waals surface area contributed by atoms with E-state index in [-0.39, 0.29) is 17.7 Å². The molecular formula is C11H9NO4. The molecule has 16 heavy (non-hydrogen) atoms. The van der Waals surface area contributed by atoms with Crippen LogP contribution >= 0.6 is 0 Å². The Morgan fingerprint density at radius 1 is 1.25 bits per heavy atom. The van der Waals surface area contributed by atoms with Gasteiger partial charge in [0.1, 0.15) is 0 Å². The predicted octanol–water partition coefficient (Wildman–Crippen LogP) is 1.26. The lowest BCUT2D eigenvalue weighted by molar-refractivity contribution is -0.136. The molecule has 0 aliphatic rings. The maximum Gasteiger partial charge on any atom is 0.337 e. The summed E-state index contributed by atoms with van der Waals surface area (Å²) in [5.41, 5.74) is 1.00. The summed E-state index contributed by atoms with van der Waals surface area (Å²) in [4.78, 5) is 21.6. The van der Waals surface area contributed by atoms with Crippen molar-refractivity contribution in [3.63, 3.8) is 0 Å². The first-order valence-corrected chi connectivity index (χ1v) is 4.63. The number of carboxylic acid groups (broad SMARTS) is 2. The molecule has 0 atom stereocenters. The lowest BCUT2D eigenvalue weighted by atomic mass is 10.2. The Morgan fingerprint density at radius 3 is 2.62 bits per heavy atom. The molecule has 2 heterocycles. The Bertz CT molecular complexity index is 570. The Balaban J connectivity index is 2.69. The zero-order valence-corrected chi connectivity index (χ0v) is 8.25. The molecule has 0 radical (unpaired) electrons. The second kappa shape index (κ2) is 3.69. The first kappa shape index (κ1) is 10.2. The third-order valence-electron chi connectivity index (χ3n) is 2.33. The van der Waals surface area contributed by atoms with Crippen LogP contribution in [0.2, 0.25) is 0 Å². The van der Waals surface area contributed by atoms with E-state index in [9.17, 15) is 9.59 Å². The maximum atomic E-state index is 11.0. The molecule has 0 amide bonds. The zero-order chi connectivity index (χ0) is 11.7. The molecule has 0 aromatic carbocycles. The molecule has 0 fully saturated rings. The molecule has 5 nitrogen and oxygen atoms in total. The number of pyridine rings is 1. The van der Waals surface area contributed by atoms with Crippen LogP contribution in [-0.2, 0) is 11.2 Å². The monoisotopic (exact) mass is 219 g/mol. The minimum Gasteiger partial charge on any atom is -0.481 e. The van der Waals surface area contributed by atoms with Crippen molar-refractivity contribution in [3.8, 4) is 0 Å². The van der Waals surface area contributed by atoms with Gasteiger partial charge < -0.3 is 14.6 Å². The number of nitrogens with zero attached hydrogens (tertiary/aromatic N) is 1. The normalized spacial score (nSPS) is 10.5. The number of hydrogen-bond acceptors (Lipinski definition) is 2. The largest absolute Gasteiger partial charge is 0.481 e. The van der Waals surface area contributed by atoms with Gasteiger partial charge in [0.05, 0.1) is 12.0 Å². The van der Waals surface area contributed by atoms with E-state index in [0.29, 0.717) is 5.52 Å². The van der Waals surface area contributed by atoms with Crippen LogP contribution < -0.4 is 0 Å². The molecule has 0 saturated heterocycles. The molecule has 0 saturated carbocycles. The van der Waals surface area contributed by atoms with Crippen molar-refractivity contribution >= 4 is 17.5 Å². The smallest absolute Gasteiger partial charge is 0.337 e. The zero-order valence-electron chi connectivity index (χ0n) is 8.25. The van der Waals surface area contributed by atoms with Crippen molar-refractivity contribution < 1.29 is 19.8 Å². The molecular weight excluding hydrogens is 210 g/mol. The van der Waals surface area contributed by atoms with Gasteiger partial charge >= 0.3 is 11.9 Å². The SMILES string of the molecule is O=C(O)Cc1c(C(=O)O)cc2ccccn12. The van der Waals surface area contributed by atoms with Crippen molar-refractivity contribution in [1.29, 1.82) is 0 Å². The molecule has 0 bridgehead atoms. The van der Waals surface area contributed by atoms with E-state index < -0.39 is 11.9 Å². The van der Waals surface area contributed by atoms with Crippen LogP contribution in [0.1, 0.15) is 16.1 Å². The Morgan fingerprint density at radius 2 is 2.00 bits per heavy atom. The minimum absolute atomic E-state index is 0.0357. The van der Waals surface area contributed by atoms with E-state index in [1.165, 1.54) is 6.07 Å². The van der Waals surface area contributed by atoms with Crippen LogP contribution in [0.3, 0.4) is 0 Å². The first-order valence-electron chi connectivity index (χ1n) is 4.63. The van der Waals surface area contributed by atoms with Crippen LogP contribution in [0.5, 0.6) is 0 Å². The Labute approximate surface area is 90.6 Å². The molecule has 5 heteroatoms. The molecule has 2 rings (SSSR count). The maximum absolute atomic E-state index is 11.0. The van der Waals surface area contributed by atoms with Gasteiger partial charge in [0.2, 0.25) is 0 Å². The van der Waals surface area contributed by atoms with Gasteiger partial charge in [0.25, 0.3) is 0 Å². The second-order valence-corrected chi connectivity index (χ2v) is 3.38. The molecule has 2 aromatic heterocycles. The number of aromatic nitrogens is 1. The highest BCUT2D eigenvalue weighted by atomic mass is 16.4. The number of carbonyl (C=O) groups is 2. The van der Waals surface area contributed by atoms with Crippen molar-refractivity contribution in [3.05, 3.63) is 41.7 Å². The molecule has 0 aliphatic heterocycles. The molecule has 0 unspecified atom stereocenters. The fourth-order valence-electron chi connectivity index (χ4n) is 1.69. The second-order valence-electron chi connectivity index (χ2n) is 3.38. The van der Waals surface area contributed by atoms with Gasteiger partial charge in [-0.2, -0.15) is 0 Å². The summed E-state index contributed by atoms with van der Waals surface area (Å²) in [6.45, 7) is 0. The number of fused-ring (bicyclic) bond motifs is 1. The van der Waals surface area contributed by atoms with Crippen molar-refractivity contribution in [2.24, 2.45) is 0 Å². The van der Waals surface area contributed by atoms with E-state index in [1.54, 1.807) is 28.8 Å². The number of rotatable bonds is 3. The van der Waals surface area contributed by atoms with E-state index in [4.69, 9.17) is 10.2 Å². The first-order chi connectivity index (χ1) is 7.59. The summed E-state index contributed by atoms with van der Waals surface area (Å²) in [6, 6.07) is 6.70. The lowest BCUT2D eigenvalue weighted by Gasteiger charge is -2.00. The summed E-state index contributed by atoms with van der Waals surface area (Å²) < 4.78 is 1.58. The Kier molecular flexibility index (Phi) is 2.36. The molecule has 0 spiro atoms. The predicted molar refractivity (Wildman–Crippen MR) is 55.7 cm³/mol. The van der Waals surface area contributed by atoms with E-state index >= 15 is 0 Å². The molecule has 2 N–H and O–H groups in total. The fraction of sp³-hybridized carbons (Fsp3) is 0.0909. The minimum atomic E-state index is -1.11. The highest BCUT2D eigenvalue weighted by molar-refractivity contribution is 5.92. The van der Waals surface area contributed by atoms with Crippen LogP contribution in [0, 0.1) is 0 Å². The number of hydrogen-bond donors (Lipinski definition) is 2.